The first-order chi connectivity index (χ1) is 7.61. The summed E-state index contributed by atoms with van der Waals surface area (Å²) in [6.45, 7) is 6.37. The minimum atomic E-state index is 0.992. The number of benzene rings is 1. The van der Waals surface area contributed by atoms with Crippen LogP contribution in [0.1, 0.15) is 22.4 Å². The van der Waals surface area contributed by atoms with Crippen LogP contribution in [-0.2, 0) is 6.42 Å². The van der Waals surface area contributed by atoms with Crippen molar-refractivity contribution in [3.05, 3.63) is 40.6 Å². The van der Waals surface area contributed by atoms with E-state index in [0.717, 1.165) is 23.0 Å². The van der Waals surface area contributed by atoms with Crippen molar-refractivity contribution < 1.29 is 0 Å². The summed E-state index contributed by atoms with van der Waals surface area (Å²) in [7, 11) is 0. The van der Waals surface area contributed by atoms with Gasteiger partial charge in [0.05, 0.1) is 5.52 Å². The summed E-state index contributed by atoms with van der Waals surface area (Å²) in [6.07, 6.45) is 1.04. The highest BCUT2D eigenvalue weighted by atomic mass is 79.9. The van der Waals surface area contributed by atoms with E-state index in [1.54, 1.807) is 0 Å². The van der Waals surface area contributed by atoms with Gasteiger partial charge >= 0.3 is 0 Å². The molecule has 0 aliphatic carbocycles. The fraction of sp³-hybridized carbons (Fsp3) is 0.357. The molecule has 1 aromatic heterocycles. The SMILES string of the molecule is Cc1cc(C)c2cc(CCBr)c(C)nc2c1. The number of aryl methyl sites for hydroxylation is 4. The van der Waals surface area contributed by atoms with E-state index in [4.69, 9.17) is 4.98 Å². The molecule has 2 heteroatoms. The zero-order chi connectivity index (χ0) is 11.7. The van der Waals surface area contributed by atoms with Gasteiger partial charge in [0.1, 0.15) is 0 Å². The quantitative estimate of drug-likeness (QED) is 0.754. The van der Waals surface area contributed by atoms with Gasteiger partial charge in [-0.1, -0.05) is 22.0 Å². The van der Waals surface area contributed by atoms with Gasteiger partial charge in [-0.3, -0.25) is 4.98 Å². The highest BCUT2D eigenvalue weighted by Gasteiger charge is 2.05. The number of halogens is 1. The molecule has 0 aliphatic heterocycles. The van der Waals surface area contributed by atoms with Crippen LogP contribution >= 0.6 is 15.9 Å². The van der Waals surface area contributed by atoms with Gasteiger partial charge in [-0.25, -0.2) is 0 Å². The third kappa shape index (κ3) is 2.12. The fourth-order valence-electron chi connectivity index (χ4n) is 2.12. The number of rotatable bonds is 2. The Kier molecular flexibility index (Phi) is 3.29. The third-order valence-electron chi connectivity index (χ3n) is 2.94. The second-order valence-electron chi connectivity index (χ2n) is 4.32. The van der Waals surface area contributed by atoms with Gasteiger partial charge in [0.15, 0.2) is 0 Å². The van der Waals surface area contributed by atoms with Crippen molar-refractivity contribution in [3.8, 4) is 0 Å². The van der Waals surface area contributed by atoms with Crippen LogP contribution in [0.3, 0.4) is 0 Å². The van der Waals surface area contributed by atoms with Crippen LogP contribution in [0.15, 0.2) is 18.2 Å². The molecular formula is C14H16BrN. The normalized spacial score (nSPS) is 11.0. The monoisotopic (exact) mass is 277 g/mol. The Labute approximate surface area is 105 Å². The number of hydrogen-bond donors (Lipinski definition) is 0. The second kappa shape index (κ2) is 4.54. The first-order valence-electron chi connectivity index (χ1n) is 5.55. The molecule has 2 rings (SSSR count). The Hall–Kier alpha value is -0.890. The summed E-state index contributed by atoms with van der Waals surface area (Å²) in [5.41, 5.74) is 6.21. The predicted octanol–water partition coefficient (Wildman–Crippen LogP) is 4.10. The van der Waals surface area contributed by atoms with Gasteiger partial charge in [0, 0.05) is 16.4 Å². The fourth-order valence-corrected chi connectivity index (χ4v) is 2.55. The van der Waals surface area contributed by atoms with E-state index in [1.165, 1.54) is 22.1 Å². The summed E-state index contributed by atoms with van der Waals surface area (Å²) >= 11 is 3.49. The zero-order valence-electron chi connectivity index (χ0n) is 9.97. The van der Waals surface area contributed by atoms with Crippen LogP contribution in [0.25, 0.3) is 10.9 Å². The Morgan fingerprint density at radius 3 is 2.56 bits per heavy atom. The van der Waals surface area contributed by atoms with Gasteiger partial charge in [-0.2, -0.15) is 0 Å². The Morgan fingerprint density at radius 2 is 1.88 bits per heavy atom. The van der Waals surface area contributed by atoms with Gasteiger partial charge < -0.3 is 0 Å². The second-order valence-corrected chi connectivity index (χ2v) is 5.11. The van der Waals surface area contributed by atoms with Crippen LogP contribution in [0.4, 0.5) is 0 Å². The maximum absolute atomic E-state index is 4.70. The number of fused-ring (bicyclic) bond motifs is 1. The van der Waals surface area contributed by atoms with Crippen LogP contribution in [0.2, 0.25) is 0 Å². The number of aromatic nitrogens is 1. The zero-order valence-corrected chi connectivity index (χ0v) is 11.6. The molecule has 0 aliphatic rings. The summed E-state index contributed by atoms with van der Waals surface area (Å²) in [5, 5.41) is 2.28. The molecule has 0 fully saturated rings. The first kappa shape index (κ1) is 11.6. The molecule has 0 N–H and O–H groups in total. The Balaban J connectivity index is 2.69. The van der Waals surface area contributed by atoms with Crippen LogP contribution < -0.4 is 0 Å². The maximum Gasteiger partial charge on any atom is 0.0710 e. The maximum atomic E-state index is 4.70. The van der Waals surface area contributed by atoms with Crippen LogP contribution in [0, 0.1) is 20.8 Å². The largest absolute Gasteiger partial charge is 0.253 e. The molecule has 0 saturated carbocycles. The van der Waals surface area contributed by atoms with E-state index >= 15 is 0 Å². The van der Waals surface area contributed by atoms with Crippen molar-refractivity contribution in [2.45, 2.75) is 27.2 Å². The molecule has 2 aromatic rings. The molecule has 0 amide bonds. The van der Waals surface area contributed by atoms with E-state index in [0.29, 0.717) is 0 Å². The van der Waals surface area contributed by atoms with Crippen molar-refractivity contribution in [1.82, 2.24) is 4.98 Å². The molecule has 1 aromatic carbocycles. The Bertz CT molecular complexity index is 532. The van der Waals surface area contributed by atoms with Gasteiger partial charge in [-0.05, 0) is 56.0 Å². The van der Waals surface area contributed by atoms with E-state index in [9.17, 15) is 0 Å². The molecule has 0 spiro atoms. The molecule has 1 nitrogen and oxygen atoms in total. The minimum Gasteiger partial charge on any atom is -0.253 e. The molecule has 0 saturated heterocycles. The highest BCUT2D eigenvalue weighted by Crippen LogP contribution is 2.22. The lowest BCUT2D eigenvalue weighted by atomic mass is 10.0. The Morgan fingerprint density at radius 1 is 1.12 bits per heavy atom. The van der Waals surface area contributed by atoms with E-state index in [1.807, 2.05) is 0 Å². The lowest BCUT2D eigenvalue weighted by Gasteiger charge is -2.09. The molecule has 1 heterocycles. The van der Waals surface area contributed by atoms with Crippen LogP contribution in [0.5, 0.6) is 0 Å². The summed E-state index contributed by atoms with van der Waals surface area (Å²) in [4.78, 5) is 4.70. The van der Waals surface area contributed by atoms with E-state index in [-0.39, 0.29) is 0 Å². The summed E-state index contributed by atoms with van der Waals surface area (Å²) < 4.78 is 0. The molecule has 0 atom stereocenters. The molecule has 0 unspecified atom stereocenters. The van der Waals surface area contributed by atoms with Gasteiger partial charge in [0.25, 0.3) is 0 Å². The average molecular weight is 278 g/mol. The average Bonchev–Trinajstić information content (AvgIpc) is 2.20. The lowest BCUT2D eigenvalue weighted by Crippen LogP contribution is -1.96. The van der Waals surface area contributed by atoms with Crippen LogP contribution in [-0.4, -0.2) is 10.3 Å². The molecular weight excluding hydrogens is 262 g/mol. The number of hydrogen-bond acceptors (Lipinski definition) is 1. The lowest BCUT2D eigenvalue weighted by molar-refractivity contribution is 1.08. The van der Waals surface area contributed by atoms with Crippen molar-refractivity contribution in [1.29, 1.82) is 0 Å². The summed E-state index contributed by atoms with van der Waals surface area (Å²) in [6, 6.07) is 6.66. The number of nitrogens with zero attached hydrogens (tertiary/aromatic N) is 1. The third-order valence-corrected chi connectivity index (χ3v) is 3.34. The smallest absolute Gasteiger partial charge is 0.0710 e. The highest BCUT2D eigenvalue weighted by molar-refractivity contribution is 9.09. The molecule has 16 heavy (non-hydrogen) atoms. The van der Waals surface area contributed by atoms with Crippen molar-refractivity contribution in [3.63, 3.8) is 0 Å². The minimum absolute atomic E-state index is 0.992. The van der Waals surface area contributed by atoms with Crippen molar-refractivity contribution in [2.24, 2.45) is 0 Å². The van der Waals surface area contributed by atoms with Gasteiger partial charge in [0.2, 0.25) is 0 Å². The predicted molar refractivity (Wildman–Crippen MR) is 73.5 cm³/mol. The molecule has 84 valence electrons. The summed E-state index contributed by atoms with van der Waals surface area (Å²) in [5.74, 6) is 0. The molecule has 0 bridgehead atoms. The number of pyridine rings is 1. The standard InChI is InChI=1S/C14H16BrN/c1-9-6-10(2)13-8-12(4-5-15)11(3)16-14(13)7-9/h6-8H,4-5H2,1-3H3. The van der Waals surface area contributed by atoms with Crippen molar-refractivity contribution >= 4 is 26.8 Å². The van der Waals surface area contributed by atoms with E-state index < -0.39 is 0 Å². The van der Waals surface area contributed by atoms with Gasteiger partial charge in [-0.15, -0.1) is 0 Å². The first-order valence-corrected chi connectivity index (χ1v) is 6.67. The topological polar surface area (TPSA) is 12.9 Å². The van der Waals surface area contributed by atoms with Crippen molar-refractivity contribution in [2.75, 3.05) is 5.33 Å². The van der Waals surface area contributed by atoms with E-state index in [2.05, 4.69) is 54.9 Å². The molecule has 0 radical (unpaired) electrons. The number of alkyl halides is 1.